The molecular weight excluding hydrogens is 350 g/mol. The summed E-state index contributed by atoms with van der Waals surface area (Å²) in [7, 11) is 2.13. The molecule has 2 aromatic rings. The molecule has 5 nitrogen and oxygen atoms in total. The van der Waals surface area contributed by atoms with E-state index < -0.39 is 0 Å². The van der Waals surface area contributed by atoms with Crippen LogP contribution < -0.4 is 0 Å². The first-order valence-electron chi connectivity index (χ1n) is 10.8. The van der Waals surface area contributed by atoms with Gasteiger partial charge in [0.2, 0.25) is 5.91 Å². The Hall–Kier alpha value is -1.85. The van der Waals surface area contributed by atoms with Crippen LogP contribution in [0.4, 0.5) is 0 Å². The Kier molecular flexibility index (Phi) is 6.02. The van der Waals surface area contributed by atoms with Gasteiger partial charge in [-0.05, 0) is 37.3 Å². The first kappa shape index (κ1) is 19.5. The molecule has 5 heteroatoms. The Morgan fingerprint density at radius 2 is 1.79 bits per heavy atom. The molecule has 4 rings (SSSR count). The summed E-state index contributed by atoms with van der Waals surface area (Å²) in [5, 5.41) is 1.36. The molecule has 0 unspecified atom stereocenters. The number of fused-ring (bicyclic) bond motifs is 1. The lowest BCUT2D eigenvalue weighted by Gasteiger charge is -2.43. The van der Waals surface area contributed by atoms with Crippen LogP contribution in [0.5, 0.6) is 0 Å². The van der Waals surface area contributed by atoms with Gasteiger partial charge in [0.1, 0.15) is 0 Å². The van der Waals surface area contributed by atoms with Gasteiger partial charge in [0.05, 0.1) is 0 Å². The third-order valence-corrected chi connectivity index (χ3v) is 6.50. The molecule has 1 amide bonds. The molecule has 3 heterocycles. The van der Waals surface area contributed by atoms with E-state index in [1.54, 1.807) is 0 Å². The highest BCUT2D eigenvalue weighted by molar-refractivity contribution is 5.83. The molecule has 0 spiro atoms. The summed E-state index contributed by atoms with van der Waals surface area (Å²) in [5.74, 6) is 0.319. The number of ether oxygens (including phenoxy) is 1. The van der Waals surface area contributed by atoms with E-state index in [-0.39, 0.29) is 0 Å². The first-order chi connectivity index (χ1) is 13.7. The second kappa shape index (κ2) is 8.66. The van der Waals surface area contributed by atoms with Gasteiger partial charge in [0.15, 0.2) is 0 Å². The quantitative estimate of drug-likeness (QED) is 0.792. The topological polar surface area (TPSA) is 37.7 Å². The highest BCUT2D eigenvalue weighted by Crippen LogP contribution is 2.27. The molecule has 2 aliphatic rings. The normalized spacial score (nSPS) is 19.9. The Morgan fingerprint density at radius 1 is 1.11 bits per heavy atom. The van der Waals surface area contributed by atoms with E-state index in [2.05, 4.69) is 51.9 Å². The fraction of sp³-hybridized carbons (Fsp3) is 0.609. The standard InChI is InChI=1S/C23H33N3O2/c1-3-23(27)26(20-10-14-28-15-11-20)19-8-12-25(13-9-19)17-18-16-24(2)22-7-5-4-6-21(18)22/h4-7,16,19-20H,3,8-15,17H2,1-2H3. The summed E-state index contributed by atoms with van der Waals surface area (Å²) in [6, 6.07) is 9.40. The van der Waals surface area contributed by atoms with Gasteiger partial charge in [-0.1, -0.05) is 25.1 Å². The maximum Gasteiger partial charge on any atom is 0.222 e. The summed E-state index contributed by atoms with van der Waals surface area (Å²) < 4.78 is 7.75. The molecule has 0 aliphatic carbocycles. The van der Waals surface area contributed by atoms with Gasteiger partial charge in [-0.15, -0.1) is 0 Å². The van der Waals surface area contributed by atoms with Crippen molar-refractivity contribution in [1.29, 1.82) is 0 Å². The van der Waals surface area contributed by atoms with Crippen LogP contribution in [0.2, 0.25) is 0 Å². The van der Waals surface area contributed by atoms with E-state index in [0.29, 0.717) is 24.4 Å². The lowest BCUT2D eigenvalue weighted by atomic mass is 9.97. The molecule has 2 saturated heterocycles. The average molecular weight is 384 g/mol. The van der Waals surface area contributed by atoms with Crippen LogP contribution in [-0.4, -0.2) is 58.7 Å². The number of aromatic nitrogens is 1. The molecule has 1 aromatic carbocycles. The summed E-state index contributed by atoms with van der Waals surface area (Å²) in [5.41, 5.74) is 2.70. The van der Waals surface area contributed by atoms with Crippen molar-refractivity contribution in [3.8, 4) is 0 Å². The molecule has 2 fully saturated rings. The van der Waals surface area contributed by atoms with Crippen LogP contribution in [-0.2, 0) is 23.1 Å². The predicted octanol–water partition coefficient (Wildman–Crippen LogP) is 3.56. The molecule has 0 bridgehead atoms. The van der Waals surface area contributed by atoms with Gasteiger partial charge in [-0.2, -0.15) is 0 Å². The number of benzene rings is 1. The number of likely N-dealkylation sites (tertiary alicyclic amines) is 1. The van der Waals surface area contributed by atoms with E-state index in [0.717, 1.165) is 58.5 Å². The molecule has 0 atom stereocenters. The van der Waals surface area contributed by atoms with Crippen LogP contribution in [0.25, 0.3) is 10.9 Å². The van der Waals surface area contributed by atoms with Crippen molar-refractivity contribution in [3.63, 3.8) is 0 Å². The molecular formula is C23H33N3O2. The average Bonchev–Trinajstić information content (AvgIpc) is 3.06. The van der Waals surface area contributed by atoms with Gasteiger partial charge in [-0.25, -0.2) is 0 Å². The molecule has 2 aliphatic heterocycles. The summed E-state index contributed by atoms with van der Waals surface area (Å²) in [6.45, 7) is 6.68. The number of rotatable bonds is 5. The Labute approximate surface area is 168 Å². The third-order valence-electron chi connectivity index (χ3n) is 6.50. The van der Waals surface area contributed by atoms with Gasteiger partial charge in [-0.3, -0.25) is 9.69 Å². The maximum atomic E-state index is 12.7. The zero-order valence-corrected chi connectivity index (χ0v) is 17.3. The van der Waals surface area contributed by atoms with Crippen LogP contribution in [0.3, 0.4) is 0 Å². The number of nitrogens with zero attached hydrogens (tertiary/aromatic N) is 3. The van der Waals surface area contributed by atoms with E-state index in [9.17, 15) is 4.79 Å². The summed E-state index contributed by atoms with van der Waals surface area (Å²) in [6.07, 6.45) is 7.00. The number of aryl methyl sites for hydroxylation is 1. The fourth-order valence-electron chi connectivity index (χ4n) is 5.00. The fourth-order valence-corrected chi connectivity index (χ4v) is 5.00. The van der Waals surface area contributed by atoms with Gasteiger partial charge in [0, 0.05) is 75.5 Å². The zero-order chi connectivity index (χ0) is 19.5. The van der Waals surface area contributed by atoms with Crippen molar-refractivity contribution in [3.05, 3.63) is 36.0 Å². The molecule has 1 aromatic heterocycles. The molecule has 0 radical (unpaired) electrons. The number of carbonyl (C=O) groups is 1. The number of piperidine rings is 1. The lowest BCUT2D eigenvalue weighted by molar-refractivity contribution is -0.139. The highest BCUT2D eigenvalue weighted by Gasteiger charge is 2.33. The minimum Gasteiger partial charge on any atom is -0.381 e. The van der Waals surface area contributed by atoms with E-state index in [4.69, 9.17) is 4.74 Å². The van der Waals surface area contributed by atoms with Gasteiger partial charge < -0.3 is 14.2 Å². The number of hydrogen-bond donors (Lipinski definition) is 0. The Morgan fingerprint density at radius 3 is 2.50 bits per heavy atom. The molecule has 28 heavy (non-hydrogen) atoms. The predicted molar refractivity (Wildman–Crippen MR) is 112 cm³/mol. The number of carbonyl (C=O) groups excluding carboxylic acids is 1. The smallest absolute Gasteiger partial charge is 0.222 e. The largest absolute Gasteiger partial charge is 0.381 e. The minimum atomic E-state index is 0.319. The van der Waals surface area contributed by atoms with Crippen molar-refractivity contribution in [2.75, 3.05) is 26.3 Å². The monoisotopic (exact) mass is 383 g/mol. The van der Waals surface area contributed by atoms with E-state index >= 15 is 0 Å². The van der Waals surface area contributed by atoms with Crippen LogP contribution in [0.15, 0.2) is 30.5 Å². The van der Waals surface area contributed by atoms with Crippen molar-refractivity contribution in [2.24, 2.45) is 7.05 Å². The molecule has 152 valence electrons. The number of para-hydroxylation sites is 1. The van der Waals surface area contributed by atoms with Gasteiger partial charge >= 0.3 is 0 Å². The van der Waals surface area contributed by atoms with Gasteiger partial charge in [0.25, 0.3) is 0 Å². The highest BCUT2D eigenvalue weighted by atomic mass is 16.5. The second-order valence-electron chi connectivity index (χ2n) is 8.29. The van der Waals surface area contributed by atoms with Crippen molar-refractivity contribution < 1.29 is 9.53 Å². The van der Waals surface area contributed by atoms with Crippen LogP contribution in [0, 0.1) is 0 Å². The van der Waals surface area contributed by atoms with Crippen molar-refractivity contribution in [2.45, 2.75) is 57.7 Å². The van der Waals surface area contributed by atoms with E-state index in [1.807, 2.05) is 6.92 Å². The first-order valence-corrected chi connectivity index (χ1v) is 10.8. The number of amides is 1. The van der Waals surface area contributed by atoms with Crippen molar-refractivity contribution >= 4 is 16.8 Å². The zero-order valence-electron chi connectivity index (χ0n) is 17.3. The van der Waals surface area contributed by atoms with E-state index in [1.165, 1.54) is 16.5 Å². The third kappa shape index (κ3) is 3.96. The number of hydrogen-bond acceptors (Lipinski definition) is 3. The van der Waals surface area contributed by atoms with Crippen LogP contribution >= 0.6 is 0 Å². The second-order valence-corrected chi connectivity index (χ2v) is 8.29. The summed E-state index contributed by atoms with van der Waals surface area (Å²) >= 11 is 0. The molecule has 0 saturated carbocycles. The Balaban J connectivity index is 1.41. The summed E-state index contributed by atoms with van der Waals surface area (Å²) in [4.78, 5) is 17.5. The molecule has 0 N–H and O–H groups in total. The Bertz CT molecular complexity index is 801. The van der Waals surface area contributed by atoms with Crippen LogP contribution in [0.1, 0.15) is 44.6 Å². The van der Waals surface area contributed by atoms with Crippen molar-refractivity contribution in [1.82, 2.24) is 14.4 Å². The SMILES string of the molecule is CCC(=O)N(C1CCOCC1)C1CCN(Cc2cn(C)c3ccccc23)CC1. The lowest BCUT2D eigenvalue weighted by Crippen LogP contribution is -2.52. The minimum absolute atomic E-state index is 0.319. The maximum absolute atomic E-state index is 12.7.